The summed E-state index contributed by atoms with van der Waals surface area (Å²) in [4.78, 5) is 16.4. The fourth-order valence-electron chi connectivity index (χ4n) is 1.62. The fourth-order valence-corrected chi connectivity index (χ4v) is 2.56. The van der Waals surface area contributed by atoms with Crippen LogP contribution in [0.25, 0.3) is 0 Å². The first-order valence-corrected chi connectivity index (χ1v) is 7.76. The van der Waals surface area contributed by atoms with Crippen molar-refractivity contribution < 1.29 is 9.53 Å². The second kappa shape index (κ2) is 10.1. The average Bonchev–Trinajstić information content (AvgIpc) is 2.51. The smallest absolute Gasteiger partial charge is 0.307 e. The highest BCUT2D eigenvalue weighted by molar-refractivity contribution is 8.00. The van der Waals surface area contributed by atoms with Crippen LogP contribution in [0.15, 0.2) is 40.2 Å². The van der Waals surface area contributed by atoms with Gasteiger partial charge in [0.15, 0.2) is 5.96 Å². The molecule has 0 spiro atoms. The largest absolute Gasteiger partial charge is 0.469 e. The molecule has 1 aromatic carbocycles. The number of carbonyl (C=O) groups is 1. The van der Waals surface area contributed by atoms with Crippen LogP contribution in [-0.2, 0) is 9.53 Å². The van der Waals surface area contributed by atoms with Crippen LogP contribution in [0, 0.1) is 0 Å². The lowest BCUT2D eigenvalue weighted by molar-refractivity contribution is -0.140. The van der Waals surface area contributed by atoms with Gasteiger partial charge in [-0.25, -0.2) is 0 Å². The molecule has 1 unspecified atom stereocenters. The van der Waals surface area contributed by atoms with E-state index in [1.54, 1.807) is 7.05 Å². The molecule has 1 rings (SSSR count). The molecule has 6 heteroatoms. The van der Waals surface area contributed by atoms with Crippen LogP contribution in [0.5, 0.6) is 0 Å². The number of nitrogens with zero attached hydrogens (tertiary/aromatic N) is 1. The zero-order valence-corrected chi connectivity index (χ0v) is 13.6. The van der Waals surface area contributed by atoms with Gasteiger partial charge in [-0.3, -0.25) is 9.79 Å². The lowest BCUT2D eigenvalue weighted by atomic mass is 10.4. The first-order valence-electron chi connectivity index (χ1n) is 6.88. The van der Waals surface area contributed by atoms with Crippen molar-refractivity contribution in [2.45, 2.75) is 23.5 Å². The van der Waals surface area contributed by atoms with Crippen LogP contribution in [0.2, 0.25) is 0 Å². The predicted molar refractivity (Wildman–Crippen MR) is 87.8 cm³/mol. The topological polar surface area (TPSA) is 62.7 Å². The number of guanidine groups is 1. The molecule has 0 fully saturated rings. The van der Waals surface area contributed by atoms with Crippen molar-refractivity contribution in [3.63, 3.8) is 0 Å². The maximum absolute atomic E-state index is 11.0. The Kier molecular flexibility index (Phi) is 8.35. The molecule has 1 aromatic rings. The van der Waals surface area contributed by atoms with E-state index in [0.29, 0.717) is 24.2 Å². The third-order valence-electron chi connectivity index (χ3n) is 2.71. The highest BCUT2D eigenvalue weighted by Gasteiger charge is 2.06. The molecule has 2 N–H and O–H groups in total. The molecule has 0 saturated carbocycles. The zero-order valence-electron chi connectivity index (χ0n) is 12.8. The van der Waals surface area contributed by atoms with Crippen LogP contribution >= 0.6 is 11.8 Å². The van der Waals surface area contributed by atoms with Gasteiger partial charge in [0.2, 0.25) is 0 Å². The first kappa shape index (κ1) is 17.4. The van der Waals surface area contributed by atoms with E-state index in [1.165, 1.54) is 12.0 Å². The van der Waals surface area contributed by atoms with Gasteiger partial charge >= 0.3 is 5.97 Å². The molecular formula is C15H23N3O2S. The van der Waals surface area contributed by atoms with Crippen LogP contribution in [0.1, 0.15) is 13.3 Å². The van der Waals surface area contributed by atoms with Crippen molar-refractivity contribution in [3.8, 4) is 0 Å². The lowest BCUT2D eigenvalue weighted by Crippen LogP contribution is -2.40. The van der Waals surface area contributed by atoms with E-state index in [-0.39, 0.29) is 5.97 Å². The number of aliphatic imine (C=N–C) groups is 1. The molecule has 0 aliphatic heterocycles. The Bertz CT molecular complexity index is 451. The van der Waals surface area contributed by atoms with Crippen LogP contribution in [0.3, 0.4) is 0 Å². The molecule has 0 aliphatic carbocycles. The van der Waals surface area contributed by atoms with Crippen LogP contribution in [0.4, 0.5) is 0 Å². The summed E-state index contributed by atoms with van der Waals surface area (Å²) in [6, 6.07) is 10.3. The lowest BCUT2D eigenvalue weighted by Gasteiger charge is -2.15. The maximum atomic E-state index is 11.0. The average molecular weight is 309 g/mol. The minimum absolute atomic E-state index is 0.231. The molecule has 0 amide bonds. The van der Waals surface area contributed by atoms with Crippen LogP contribution in [-0.4, -0.2) is 44.4 Å². The molecule has 5 nitrogen and oxygen atoms in total. The van der Waals surface area contributed by atoms with Crippen LogP contribution < -0.4 is 10.6 Å². The number of esters is 1. The number of rotatable bonds is 7. The van der Waals surface area contributed by atoms with Gasteiger partial charge < -0.3 is 15.4 Å². The highest BCUT2D eigenvalue weighted by Crippen LogP contribution is 2.21. The normalized spacial score (nSPS) is 12.6. The molecular weight excluding hydrogens is 286 g/mol. The third kappa shape index (κ3) is 7.60. The number of hydrogen-bond acceptors (Lipinski definition) is 4. The summed E-state index contributed by atoms with van der Waals surface area (Å²) in [7, 11) is 3.10. The van der Waals surface area contributed by atoms with Gasteiger partial charge in [-0.05, 0) is 12.1 Å². The number of carbonyl (C=O) groups excluding carboxylic acids is 1. The van der Waals surface area contributed by atoms with E-state index >= 15 is 0 Å². The number of thioether (sulfide) groups is 1. The minimum atomic E-state index is -0.231. The molecule has 0 bridgehead atoms. The molecule has 116 valence electrons. The summed E-state index contributed by atoms with van der Waals surface area (Å²) in [6.45, 7) is 3.45. The van der Waals surface area contributed by atoms with E-state index in [0.717, 1.165) is 6.54 Å². The number of nitrogens with one attached hydrogen (secondary N) is 2. The van der Waals surface area contributed by atoms with Gasteiger partial charge in [0.1, 0.15) is 0 Å². The number of methoxy groups -OCH3 is 1. The summed E-state index contributed by atoms with van der Waals surface area (Å²) >= 11 is 1.81. The summed E-state index contributed by atoms with van der Waals surface area (Å²) < 4.78 is 4.59. The number of benzene rings is 1. The van der Waals surface area contributed by atoms with Crippen molar-refractivity contribution in [2.24, 2.45) is 4.99 Å². The summed E-state index contributed by atoms with van der Waals surface area (Å²) in [5, 5.41) is 6.74. The van der Waals surface area contributed by atoms with Gasteiger partial charge in [-0.1, -0.05) is 25.1 Å². The Balaban J connectivity index is 2.26. The molecule has 1 atom stereocenters. The number of ether oxygens (including phenoxy) is 1. The Hall–Kier alpha value is -1.69. The Morgan fingerprint density at radius 3 is 2.67 bits per heavy atom. The van der Waals surface area contributed by atoms with Crippen molar-refractivity contribution in [1.82, 2.24) is 10.6 Å². The quantitative estimate of drug-likeness (QED) is 0.349. The molecule has 0 aliphatic rings. The summed E-state index contributed by atoms with van der Waals surface area (Å²) in [5.41, 5.74) is 0. The monoisotopic (exact) mass is 309 g/mol. The minimum Gasteiger partial charge on any atom is -0.469 e. The third-order valence-corrected chi connectivity index (χ3v) is 3.82. The Labute approximate surface area is 130 Å². The molecule has 0 radical (unpaired) electrons. The molecule has 0 saturated heterocycles. The van der Waals surface area contributed by atoms with Crippen molar-refractivity contribution >= 4 is 23.7 Å². The highest BCUT2D eigenvalue weighted by atomic mass is 32.2. The fraction of sp³-hybridized carbons (Fsp3) is 0.467. The van der Waals surface area contributed by atoms with E-state index in [2.05, 4.69) is 39.4 Å². The predicted octanol–water partition coefficient (Wildman–Crippen LogP) is 1.90. The molecule has 0 heterocycles. The Morgan fingerprint density at radius 2 is 2.05 bits per heavy atom. The maximum Gasteiger partial charge on any atom is 0.307 e. The van der Waals surface area contributed by atoms with Gasteiger partial charge in [0.25, 0.3) is 0 Å². The molecule has 0 aromatic heterocycles. The van der Waals surface area contributed by atoms with Crippen molar-refractivity contribution in [2.75, 3.05) is 27.2 Å². The van der Waals surface area contributed by atoms with Gasteiger partial charge in [0, 0.05) is 30.3 Å². The van der Waals surface area contributed by atoms with Crippen molar-refractivity contribution in [1.29, 1.82) is 0 Å². The zero-order chi connectivity index (χ0) is 15.5. The van der Waals surface area contributed by atoms with Gasteiger partial charge in [0.05, 0.1) is 13.5 Å². The second-order valence-corrected chi connectivity index (χ2v) is 5.96. The second-order valence-electron chi connectivity index (χ2n) is 4.45. The van der Waals surface area contributed by atoms with E-state index in [4.69, 9.17) is 0 Å². The van der Waals surface area contributed by atoms with E-state index < -0.39 is 0 Å². The summed E-state index contributed by atoms with van der Waals surface area (Å²) in [6.07, 6.45) is 0.325. The van der Waals surface area contributed by atoms with Gasteiger partial charge in [-0.2, -0.15) is 0 Å². The van der Waals surface area contributed by atoms with Gasteiger partial charge in [-0.15, -0.1) is 11.8 Å². The standard InChI is InChI=1S/C15H23N3O2S/c1-12(21-13-7-5-4-6-8-13)11-18-15(16-2)17-10-9-14(19)20-3/h4-8,12H,9-11H2,1-3H3,(H2,16,17,18). The van der Waals surface area contributed by atoms with E-state index in [1.807, 2.05) is 30.0 Å². The molecule has 21 heavy (non-hydrogen) atoms. The first-order chi connectivity index (χ1) is 10.2. The Morgan fingerprint density at radius 1 is 1.33 bits per heavy atom. The number of hydrogen-bond donors (Lipinski definition) is 2. The summed E-state index contributed by atoms with van der Waals surface area (Å²) in [5.74, 6) is 0.463. The SMILES string of the molecule is CN=C(NCCC(=O)OC)NCC(C)Sc1ccccc1. The van der Waals surface area contributed by atoms with Crippen molar-refractivity contribution in [3.05, 3.63) is 30.3 Å². The van der Waals surface area contributed by atoms with E-state index in [9.17, 15) is 4.79 Å².